The Morgan fingerprint density at radius 2 is 1.89 bits per heavy atom. The van der Waals surface area contributed by atoms with Crippen molar-refractivity contribution in [1.82, 2.24) is 10.6 Å². The summed E-state index contributed by atoms with van der Waals surface area (Å²) in [5.74, 6) is -1.98. The SMILES string of the molecule is N#CC(=NO)C(=O)NC(=O)NCCCCCC(=O)O. The van der Waals surface area contributed by atoms with Crippen molar-refractivity contribution in [3.63, 3.8) is 0 Å². The van der Waals surface area contributed by atoms with E-state index in [0.29, 0.717) is 19.3 Å². The second-order valence-corrected chi connectivity index (χ2v) is 3.47. The van der Waals surface area contributed by atoms with E-state index >= 15 is 0 Å². The van der Waals surface area contributed by atoms with Gasteiger partial charge in [-0.25, -0.2) is 4.79 Å². The van der Waals surface area contributed by atoms with Crippen LogP contribution in [0.1, 0.15) is 25.7 Å². The molecule has 0 saturated carbocycles. The number of hydrogen-bond acceptors (Lipinski definition) is 6. The number of nitrogens with zero attached hydrogens (tertiary/aromatic N) is 2. The van der Waals surface area contributed by atoms with Gasteiger partial charge in [0.05, 0.1) is 0 Å². The number of aliphatic carboxylic acids is 1. The van der Waals surface area contributed by atoms with Gasteiger partial charge < -0.3 is 15.6 Å². The van der Waals surface area contributed by atoms with E-state index < -0.39 is 23.6 Å². The lowest BCUT2D eigenvalue weighted by molar-refractivity contribution is -0.137. The van der Waals surface area contributed by atoms with Gasteiger partial charge in [-0.1, -0.05) is 11.6 Å². The molecule has 0 rings (SSSR count). The van der Waals surface area contributed by atoms with Crippen LogP contribution in [-0.2, 0) is 9.59 Å². The number of amides is 3. The van der Waals surface area contributed by atoms with Crippen molar-refractivity contribution in [2.24, 2.45) is 5.16 Å². The molecule has 0 aromatic carbocycles. The monoisotopic (exact) mass is 270 g/mol. The average Bonchev–Trinajstić information content (AvgIpc) is 2.34. The summed E-state index contributed by atoms with van der Waals surface area (Å²) in [5.41, 5.74) is -0.823. The minimum atomic E-state index is -1.10. The molecule has 0 aliphatic heterocycles. The molecule has 0 aliphatic carbocycles. The molecule has 0 aliphatic rings. The van der Waals surface area contributed by atoms with E-state index in [2.05, 4.69) is 10.5 Å². The third-order valence-electron chi connectivity index (χ3n) is 2.00. The highest BCUT2D eigenvalue weighted by Gasteiger charge is 2.14. The van der Waals surface area contributed by atoms with E-state index in [9.17, 15) is 14.4 Å². The number of oxime groups is 1. The zero-order valence-corrected chi connectivity index (χ0v) is 10.0. The number of nitrogens with one attached hydrogen (secondary N) is 2. The fourth-order valence-corrected chi connectivity index (χ4v) is 1.10. The molecule has 0 heterocycles. The molecule has 0 unspecified atom stereocenters. The van der Waals surface area contributed by atoms with Gasteiger partial charge in [0.1, 0.15) is 6.07 Å². The number of carbonyl (C=O) groups is 3. The third kappa shape index (κ3) is 8.14. The van der Waals surface area contributed by atoms with Gasteiger partial charge in [-0.3, -0.25) is 14.9 Å². The Bertz CT molecular complexity index is 413. The number of carboxylic acid groups (broad SMARTS) is 1. The lowest BCUT2D eigenvalue weighted by atomic mass is 10.2. The number of urea groups is 1. The maximum absolute atomic E-state index is 11.1. The number of carboxylic acids is 1. The van der Waals surface area contributed by atoms with Crippen molar-refractivity contribution in [2.45, 2.75) is 25.7 Å². The van der Waals surface area contributed by atoms with E-state index in [1.54, 1.807) is 5.32 Å². The topological polar surface area (TPSA) is 152 Å². The molecule has 19 heavy (non-hydrogen) atoms. The van der Waals surface area contributed by atoms with Crippen molar-refractivity contribution in [3.05, 3.63) is 0 Å². The lowest BCUT2D eigenvalue weighted by Crippen LogP contribution is -2.42. The molecule has 0 aromatic rings. The maximum Gasteiger partial charge on any atom is 0.321 e. The summed E-state index contributed by atoms with van der Waals surface area (Å²) in [6, 6.07) is 0.484. The van der Waals surface area contributed by atoms with Crippen LogP contribution >= 0.6 is 0 Å². The minimum Gasteiger partial charge on any atom is -0.481 e. The Hall–Kier alpha value is -2.63. The van der Waals surface area contributed by atoms with E-state index in [4.69, 9.17) is 15.6 Å². The van der Waals surface area contributed by atoms with E-state index in [1.807, 2.05) is 0 Å². The smallest absolute Gasteiger partial charge is 0.321 e. The summed E-state index contributed by atoms with van der Waals surface area (Å²) in [7, 11) is 0. The molecule has 0 aromatic heterocycles. The summed E-state index contributed by atoms with van der Waals surface area (Å²) >= 11 is 0. The second kappa shape index (κ2) is 9.41. The number of nitriles is 1. The molecule has 0 fully saturated rings. The molecule has 104 valence electrons. The Labute approximate surface area is 108 Å². The summed E-state index contributed by atoms with van der Waals surface area (Å²) < 4.78 is 0. The lowest BCUT2D eigenvalue weighted by Gasteiger charge is -2.04. The number of rotatable bonds is 7. The molecule has 9 nitrogen and oxygen atoms in total. The maximum atomic E-state index is 11.1. The summed E-state index contributed by atoms with van der Waals surface area (Å²) in [4.78, 5) is 32.4. The summed E-state index contributed by atoms with van der Waals surface area (Å²) in [5, 5.41) is 31.5. The van der Waals surface area contributed by atoms with Gasteiger partial charge in [-0.15, -0.1) is 0 Å². The first kappa shape index (κ1) is 16.4. The molecule has 0 spiro atoms. The highest BCUT2D eigenvalue weighted by molar-refractivity contribution is 6.46. The first-order valence-electron chi connectivity index (χ1n) is 5.44. The molecule has 3 amide bonds. The first-order chi connectivity index (χ1) is 9.01. The van der Waals surface area contributed by atoms with Crippen LogP contribution in [0.25, 0.3) is 0 Å². The van der Waals surface area contributed by atoms with Gasteiger partial charge in [-0.2, -0.15) is 5.26 Å². The number of imide groups is 1. The minimum absolute atomic E-state index is 0.0726. The van der Waals surface area contributed by atoms with Crippen LogP contribution in [0.4, 0.5) is 4.79 Å². The Morgan fingerprint density at radius 1 is 1.21 bits per heavy atom. The zero-order chi connectivity index (χ0) is 14.7. The number of hydrogen-bond donors (Lipinski definition) is 4. The van der Waals surface area contributed by atoms with Crippen molar-refractivity contribution in [2.75, 3.05) is 6.54 Å². The molecule has 0 atom stereocenters. The molecule has 0 radical (unpaired) electrons. The van der Waals surface area contributed by atoms with Gasteiger partial charge in [0.2, 0.25) is 5.71 Å². The van der Waals surface area contributed by atoms with Crippen LogP contribution < -0.4 is 10.6 Å². The van der Waals surface area contributed by atoms with Crippen LogP contribution in [0.2, 0.25) is 0 Å². The quantitative estimate of drug-likeness (QED) is 0.218. The zero-order valence-electron chi connectivity index (χ0n) is 10.0. The fraction of sp³-hybridized carbons (Fsp3) is 0.500. The molecule has 0 bridgehead atoms. The van der Waals surface area contributed by atoms with Gasteiger partial charge in [0, 0.05) is 13.0 Å². The van der Waals surface area contributed by atoms with Crippen molar-refractivity contribution >= 4 is 23.6 Å². The second-order valence-electron chi connectivity index (χ2n) is 3.47. The number of unbranched alkanes of at least 4 members (excludes halogenated alkanes) is 2. The Balaban J connectivity index is 3.74. The van der Waals surface area contributed by atoms with Gasteiger partial charge in [-0.05, 0) is 12.8 Å². The summed E-state index contributed by atoms with van der Waals surface area (Å²) in [6.45, 7) is 0.261. The Kier molecular flexibility index (Phi) is 8.10. The fourth-order valence-electron chi connectivity index (χ4n) is 1.10. The molecule has 4 N–H and O–H groups in total. The summed E-state index contributed by atoms with van der Waals surface area (Å²) in [6.07, 6.45) is 1.77. The van der Waals surface area contributed by atoms with Gasteiger partial charge in [0.25, 0.3) is 5.91 Å². The van der Waals surface area contributed by atoms with E-state index in [1.165, 1.54) is 6.07 Å². The van der Waals surface area contributed by atoms with Gasteiger partial charge >= 0.3 is 12.0 Å². The largest absolute Gasteiger partial charge is 0.481 e. The highest BCUT2D eigenvalue weighted by Crippen LogP contribution is 1.98. The van der Waals surface area contributed by atoms with Crippen LogP contribution in [0.5, 0.6) is 0 Å². The normalized spacial score (nSPS) is 10.4. The predicted molar refractivity (Wildman–Crippen MR) is 62.5 cm³/mol. The predicted octanol–water partition coefficient (Wildman–Crippen LogP) is -0.189. The highest BCUT2D eigenvalue weighted by atomic mass is 16.4. The van der Waals surface area contributed by atoms with E-state index in [-0.39, 0.29) is 13.0 Å². The molecule has 0 saturated heterocycles. The van der Waals surface area contributed by atoms with Crippen molar-refractivity contribution in [1.29, 1.82) is 5.26 Å². The molecular weight excluding hydrogens is 256 g/mol. The van der Waals surface area contributed by atoms with Crippen LogP contribution in [0.15, 0.2) is 5.16 Å². The molecular formula is C10H14N4O5. The third-order valence-corrected chi connectivity index (χ3v) is 2.00. The average molecular weight is 270 g/mol. The molecule has 9 heteroatoms. The van der Waals surface area contributed by atoms with Crippen molar-refractivity contribution in [3.8, 4) is 6.07 Å². The van der Waals surface area contributed by atoms with Crippen LogP contribution in [0.3, 0.4) is 0 Å². The Morgan fingerprint density at radius 3 is 2.42 bits per heavy atom. The van der Waals surface area contributed by atoms with Crippen LogP contribution in [0, 0.1) is 11.3 Å². The number of carbonyl (C=O) groups excluding carboxylic acids is 2. The first-order valence-corrected chi connectivity index (χ1v) is 5.44. The van der Waals surface area contributed by atoms with E-state index in [0.717, 1.165) is 0 Å². The van der Waals surface area contributed by atoms with Crippen LogP contribution in [-0.4, -0.2) is 40.5 Å². The standard InChI is InChI=1S/C10H14N4O5/c11-6-7(14-19)9(17)13-10(18)12-5-3-1-2-4-8(15)16/h19H,1-5H2,(H,15,16)(H2,12,13,17,18). The van der Waals surface area contributed by atoms with Gasteiger partial charge in [0.15, 0.2) is 0 Å². The van der Waals surface area contributed by atoms with Crippen molar-refractivity contribution < 1.29 is 24.7 Å².